The standard InChI is InChI=1S/C21H27N3O3S2/c25-29(26,17-10-18-4-2-1-3-5-18)24-14-6-19(7-15-24)23-12-8-20(9-13-23)27-21-22-11-16-28-21/h1-5,10-11,16-17,19-20H,6-9,12-15H2/b17-10+. The third-order valence-corrected chi connectivity index (χ3v) is 7.91. The summed E-state index contributed by atoms with van der Waals surface area (Å²) in [5.74, 6) is 0. The van der Waals surface area contributed by atoms with Crippen molar-refractivity contribution in [2.24, 2.45) is 0 Å². The molecule has 29 heavy (non-hydrogen) atoms. The van der Waals surface area contributed by atoms with Gasteiger partial charge >= 0.3 is 0 Å². The van der Waals surface area contributed by atoms with Gasteiger partial charge in [-0.2, -0.15) is 4.31 Å². The summed E-state index contributed by atoms with van der Waals surface area (Å²) in [4.78, 5) is 6.71. The van der Waals surface area contributed by atoms with Crippen molar-refractivity contribution >= 4 is 27.4 Å². The van der Waals surface area contributed by atoms with E-state index in [0.717, 1.165) is 49.5 Å². The summed E-state index contributed by atoms with van der Waals surface area (Å²) in [6.45, 7) is 3.17. The monoisotopic (exact) mass is 433 g/mol. The Morgan fingerprint density at radius 2 is 1.76 bits per heavy atom. The van der Waals surface area contributed by atoms with Gasteiger partial charge in [-0.3, -0.25) is 0 Å². The van der Waals surface area contributed by atoms with Crippen LogP contribution in [0.15, 0.2) is 47.3 Å². The van der Waals surface area contributed by atoms with Crippen LogP contribution in [-0.2, 0) is 10.0 Å². The van der Waals surface area contributed by atoms with Crippen molar-refractivity contribution in [1.82, 2.24) is 14.2 Å². The predicted octanol–water partition coefficient (Wildman–Crippen LogP) is 3.45. The van der Waals surface area contributed by atoms with Gasteiger partial charge in [-0.25, -0.2) is 13.4 Å². The first-order valence-electron chi connectivity index (χ1n) is 10.1. The van der Waals surface area contributed by atoms with E-state index < -0.39 is 10.0 Å². The van der Waals surface area contributed by atoms with Crippen molar-refractivity contribution in [3.05, 3.63) is 52.9 Å². The van der Waals surface area contributed by atoms with Gasteiger partial charge in [0.25, 0.3) is 5.19 Å². The largest absolute Gasteiger partial charge is 0.467 e. The molecule has 0 unspecified atom stereocenters. The summed E-state index contributed by atoms with van der Waals surface area (Å²) in [5, 5.41) is 4.02. The van der Waals surface area contributed by atoms with E-state index >= 15 is 0 Å². The highest BCUT2D eigenvalue weighted by molar-refractivity contribution is 7.92. The molecule has 3 heterocycles. The second-order valence-electron chi connectivity index (χ2n) is 7.54. The quantitative estimate of drug-likeness (QED) is 0.698. The number of hydrogen-bond donors (Lipinski definition) is 0. The van der Waals surface area contributed by atoms with Crippen LogP contribution in [0.5, 0.6) is 5.19 Å². The minimum Gasteiger partial charge on any atom is -0.467 e. The van der Waals surface area contributed by atoms with Crippen LogP contribution >= 0.6 is 11.3 Å². The molecule has 2 aliphatic heterocycles. The molecule has 0 saturated carbocycles. The van der Waals surface area contributed by atoms with Gasteiger partial charge < -0.3 is 9.64 Å². The molecule has 0 bridgehead atoms. The number of rotatable bonds is 6. The third kappa shape index (κ3) is 5.45. The summed E-state index contributed by atoms with van der Waals surface area (Å²) in [7, 11) is -3.37. The Labute approximate surface area is 176 Å². The highest BCUT2D eigenvalue weighted by atomic mass is 32.2. The van der Waals surface area contributed by atoms with E-state index in [9.17, 15) is 8.42 Å². The Morgan fingerprint density at radius 3 is 2.41 bits per heavy atom. The van der Waals surface area contributed by atoms with Gasteiger partial charge in [-0.15, -0.1) is 0 Å². The average Bonchev–Trinajstić information content (AvgIpc) is 3.27. The summed E-state index contributed by atoms with van der Waals surface area (Å²) >= 11 is 1.54. The highest BCUT2D eigenvalue weighted by Crippen LogP contribution is 2.25. The lowest BCUT2D eigenvalue weighted by Gasteiger charge is -2.41. The number of sulfonamides is 1. The zero-order chi connectivity index (χ0) is 20.1. The van der Waals surface area contributed by atoms with Crippen LogP contribution < -0.4 is 4.74 Å². The number of hydrogen-bond acceptors (Lipinski definition) is 6. The lowest BCUT2D eigenvalue weighted by molar-refractivity contribution is 0.0585. The molecule has 0 amide bonds. The Kier molecular flexibility index (Phi) is 6.64. The molecule has 8 heteroatoms. The van der Waals surface area contributed by atoms with Crippen LogP contribution in [0.1, 0.15) is 31.2 Å². The van der Waals surface area contributed by atoms with Gasteiger partial charge in [0.15, 0.2) is 0 Å². The molecule has 4 rings (SSSR count). The van der Waals surface area contributed by atoms with Crippen LogP contribution in [0.2, 0.25) is 0 Å². The van der Waals surface area contributed by atoms with Crippen molar-refractivity contribution in [1.29, 1.82) is 0 Å². The lowest BCUT2D eigenvalue weighted by atomic mass is 10.00. The maximum absolute atomic E-state index is 12.6. The third-order valence-electron chi connectivity index (χ3n) is 5.69. The number of ether oxygens (including phenoxy) is 1. The fourth-order valence-electron chi connectivity index (χ4n) is 4.05. The first-order valence-corrected chi connectivity index (χ1v) is 12.5. The summed E-state index contributed by atoms with van der Waals surface area (Å²) in [6, 6.07) is 10.00. The summed E-state index contributed by atoms with van der Waals surface area (Å²) < 4.78 is 32.8. The number of benzene rings is 1. The molecule has 0 atom stereocenters. The summed E-state index contributed by atoms with van der Waals surface area (Å²) in [6.07, 6.45) is 7.45. The van der Waals surface area contributed by atoms with Gasteiger partial charge in [0.1, 0.15) is 6.10 Å². The Hall–Kier alpha value is -1.74. The van der Waals surface area contributed by atoms with E-state index in [4.69, 9.17) is 4.74 Å². The molecule has 2 aromatic rings. The molecular weight excluding hydrogens is 406 g/mol. The van der Waals surface area contributed by atoms with Gasteiger partial charge in [0.05, 0.1) is 0 Å². The highest BCUT2D eigenvalue weighted by Gasteiger charge is 2.32. The van der Waals surface area contributed by atoms with Crippen LogP contribution in [0.3, 0.4) is 0 Å². The molecule has 2 aliphatic rings. The van der Waals surface area contributed by atoms with Gasteiger partial charge in [-0.1, -0.05) is 41.7 Å². The first kappa shape index (κ1) is 20.5. The predicted molar refractivity (Wildman–Crippen MR) is 116 cm³/mol. The van der Waals surface area contributed by atoms with E-state index in [1.807, 2.05) is 35.7 Å². The topological polar surface area (TPSA) is 62.7 Å². The van der Waals surface area contributed by atoms with E-state index in [1.54, 1.807) is 16.6 Å². The van der Waals surface area contributed by atoms with E-state index in [2.05, 4.69) is 9.88 Å². The molecule has 0 N–H and O–H groups in total. The van der Waals surface area contributed by atoms with E-state index in [1.165, 1.54) is 16.7 Å². The first-order chi connectivity index (χ1) is 14.1. The number of nitrogens with zero attached hydrogens (tertiary/aromatic N) is 3. The fraction of sp³-hybridized carbons (Fsp3) is 0.476. The number of thiazole rings is 1. The molecule has 0 aliphatic carbocycles. The lowest BCUT2D eigenvalue weighted by Crippen LogP contribution is -2.49. The van der Waals surface area contributed by atoms with Crippen LogP contribution in [0.4, 0.5) is 0 Å². The van der Waals surface area contributed by atoms with Crippen LogP contribution in [0.25, 0.3) is 6.08 Å². The average molecular weight is 434 g/mol. The Balaban J connectivity index is 1.25. The number of likely N-dealkylation sites (tertiary alicyclic amines) is 1. The van der Waals surface area contributed by atoms with Crippen molar-refractivity contribution in [2.75, 3.05) is 26.2 Å². The van der Waals surface area contributed by atoms with E-state index in [-0.39, 0.29) is 6.10 Å². The van der Waals surface area contributed by atoms with Gasteiger partial charge in [-0.05, 0) is 37.3 Å². The molecule has 6 nitrogen and oxygen atoms in total. The fourth-order valence-corrected chi connectivity index (χ4v) is 5.82. The van der Waals surface area contributed by atoms with Crippen molar-refractivity contribution in [3.63, 3.8) is 0 Å². The molecule has 2 saturated heterocycles. The van der Waals surface area contributed by atoms with Crippen molar-refractivity contribution in [2.45, 2.75) is 37.8 Å². The van der Waals surface area contributed by atoms with Crippen LogP contribution in [0, 0.1) is 0 Å². The normalized spacial score (nSPS) is 21.0. The van der Waals surface area contributed by atoms with Crippen molar-refractivity contribution in [3.8, 4) is 5.19 Å². The minimum absolute atomic E-state index is 0.237. The molecule has 0 radical (unpaired) electrons. The zero-order valence-corrected chi connectivity index (χ0v) is 18.0. The number of aromatic nitrogens is 1. The maximum Gasteiger partial charge on any atom is 0.273 e. The van der Waals surface area contributed by atoms with Crippen molar-refractivity contribution < 1.29 is 13.2 Å². The van der Waals surface area contributed by atoms with Gasteiger partial charge in [0.2, 0.25) is 10.0 Å². The second-order valence-corrected chi connectivity index (χ2v) is 10.2. The SMILES string of the molecule is O=S(=O)(/C=C/c1ccccc1)N1CCC(N2CCC(Oc3nccs3)CC2)CC1. The number of piperidine rings is 2. The molecule has 1 aromatic heterocycles. The van der Waals surface area contributed by atoms with E-state index in [0.29, 0.717) is 19.1 Å². The molecule has 0 spiro atoms. The maximum atomic E-state index is 12.6. The Morgan fingerprint density at radius 1 is 1.03 bits per heavy atom. The van der Waals surface area contributed by atoms with Gasteiger partial charge in [0, 0.05) is 49.2 Å². The summed E-state index contributed by atoms with van der Waals surface area (Å²) in [5.41, 5.74) is 0.897. The molecule has 2 fully saturated rings. The Bertz CT molecular complexity index is 885. The zero-order valence-electron chi connectivity index (χ0n) is 16.4. The minimum atomic E-state index is -3.37. The molecular formula is C21H27N3O3S2. The van der Waals surface area contributed by atoms with Crippen LogP contribution in [-0.4, -0.2) is 60.9 Å². The smallest absolute Gasteiger partial charge is 0.273 e. The molecule has 1 aromatic carbocycles. The second kappa shape index (κ2) is 9.38. The molecule has 156 valence electrons.